The highest BCUT2D eigenvalue weighted by atomic mass is 16.5. The van der Waals surface area contributed by atoms with Gasteiger partial charge < -0.3 is 28.7 Å². The molecule has 4 rings (SSSR count). The number of methoxy groups -OCH3 is 4. The van der Waals surface area contributed by atoms with Crippen LogP contribution in [-0.4, -0.2) is 40.3 Å². The molecule has 4 aromatic rings. The van der Waals surface area contributed by atoms with Crippen LogP contribution in [0.25, 0.3) is 22.1 Å². The van der Waals surface area contributed by atoms with Gasteiger partial charge in [0.05, 0.1) is 28.4 Å². The molecule has 1 N–H and O–H groups in total. The molecule has 0 saturated carbocycles. The number of carbonyl (C=O) groups is 2. The molecule has 0 radical (unpaired) electrons. The monoisotopic (exact) mass is 503 g/mol. The van der Waals surface area contributed by atoms with E-state index in [1.807, 2.05) is 24.3 Å². The number of ether oxygens (including phenoxy) is 4. The predicted molar refractivity (Wildman–Crippen MR) is 138 cm³/mol. The Kier molecular flexibility index (Phi) is 7.15. The minimum atomic E-state index is -0.772. The normalized spacial score (nSPS) is 10.6. The second-order valence-electron chi connectivity index (χ2n) is 8.04. The zero-order valence-corrected chi connectivity index (χ0v) is 21.0. The van der Waals surface area contributed by atoms with Crippen LogP contribution in [0.1, 0.15) is 26.3 Å². The number of carbonyl (C=O) groups excluding carboxylic acids is 2. The third kappa shape index (κ3) is 4.84. The summed E-state index contributed by atoms with van der Waals surface area (Å²) in [7, 11) is 5.78. The molecular formula is C28H25NO8. The van der Waals surface area contributed by atoms with Crippen LogP contribution in [0, 0.1) is 6.92 Å². The van der Waals surface area contributed by atoms with Crippen molar-refractivity contribution in [3.63, 3.8) is 0 Å². The lowest BCUT2D eigenvalue weighted by Crippen LogP contribution is -2.18. The molecule has 0 bridgehead atoms. The van der Waals surface area contributed by atoms with Gasteiger partial charge in [0.1, 0.15) is 34.1 Å². The fourth-order valence-electron chi connectivity index (χ4n) is 4.06. The minimum Gasteiger partial charge on any atom is -0.497 e. The summed E-state index contributed by atoms with van der Waals surface area (Å²) in [6.07, 6.45) is 0. The van der Waals surface area contributed by atoms with Crippen molar-refractivity contribution < 1.29 is 33.0 Å². The first kappa shape index (κ1) is 25.3. The molecule has 0 fully saturated rings. The van der Waals surface area contributed by atoms with Crippen LogP contribution in [0.5, 0.6) is 17.2 Å². The van der Waals surface area contributed by atoms with Gasteiger partial charge in [-0.1, -0.05) is 12.1 Å². The summed E-state index contributed by atoms with van der Waals surface area (Å²) in [4.78, 5) is 38.1. The fourth-order valence-corrected chi connectivity index (χ4v) is 4.06. The number of fused-ring (bicyclic) bond motifs is 1. The van der Waals surface area contributed by atoms with Gasteiger partial charge in [-0.05, 0) is 55.0 Å². The lowest BCUT2D eigenvalue weighted by Gasteiger charge is -2.13. The van der Waals surface area contributed by atoms with Gasteiger partial charge in [-0.25, -0.2) is 9.59 Å². The molecule has 0 aliphatic heterocycles. The van der Waals surface area contributed by atoms with Crippen LogP contribution >= 0.6 is 0 Å². The molecule has 37 heavy (non-hydrogen) atoms. The van der Waals surface area contributed by atoms with E-state index in [9.17, 15) is 14.4 Å². The number of hydrogen-bond donors (Lipinski definition) is 1. The zero-order valence-electron chi connectivity index (χ0n) is 21.0. The van der Waals surface area contributed by atoms with Crippen molar-refractivity contribution >= 4 is 28.5 Å². The van der Waals surface area contributed by atoms with E-state index < -0.39 is 17.5 Å². The molecule has 0 spiro atoms. The van der Waals surface area contributed by atoms with Gasteiger partial charge in [-0.15, -0.1) is 0 Å². The first-order valence-corrected chi connectivity index (χ1v) is 11.2. The molecule has 3 aromatic carbocycles. The minimum absolute atomic E-state index is 0.0662. The molecule has 190 valence electrons. The van der Waals surface area contributed by atoms with Gasteiger partial charge >= 0.3 is 11.6 Å². The lowest BCUT2D eigenvalue weighted by molar-refractivity contribution is 0.0596. The van der Waals surface area contributed by atoms with Crippen molar-refractivity contribution in [1.29, 1.82) is 0 Å². The largest absolute Gasteiger partial charge is 0.497 e. The maximum absolute atomic E-state index is 13.1. The summed E-state index contributed by atoms with van der Waals surface area (Å²) in [6, 6.07) is 15.3. The molecule has 0 atom stereocenters. The number of anilines is 1. The smallest absolute Gasteiger partial charge is 0.360 e. The van der Waals surface area contributed by atoms with Crippen molar-refractivity contribution in [2.75, 3.05) is 33.8 Å². The predicted octanol–water partition coefficient (Wildman–Crippen LogP) is 4.83. The van der Waals surface area contributed by atoms with Crippen molar-refractivity contribution in [3.05, 3.63) is 81.7 Å². The fraction of sp³-hybridized carbons (Fsp3) is 0.179. The molecule has 1 aromatic heterocycles. The zero-order chi connectivity index (χ0) is 26.7. The van der Waals surface area contributed by atoms with Crippen molar-refractivity contribution in [3.8, 4) is 28.4 Å². The first-order valence-electron chi connectivity index (χ1n) is 11.2. The Balaban J connectivity index is 1.73. The van der Waals surface area contributed by atoms with E-state index in [1.165, 1.54) is 20.3 Å². The summed E-state index contributed by atoms with van der Waals surface area (Å²) in [5.74, 6) is 0.334. The summed E-state index contributed by atoms with van der Waals surface area (Å²) >= 11 is 0. The van der Waals surface area contributed by atoms with Gasteiger partial charge in [-0.2, -0.15) is 0 Å². The highest BCUT2D eigenvalue weighted by molar-refractivity contribution is 6.06. The first-order chi connectivity index (χ1) is 17.8. The number of rotatable bonds is 7. The van der Waals surface area contributed by atoms with Gasteiger partial charge in [0.2, 0.25) is 0 Å². The molecular weight excluding hydrogens is 478 g/mol. The number of aryl methyl sites for hydroxylation is 1. The van der Waals surface area contributed by atoms with Gasteiger partial charge in [-0.3, -0.25) is 4.79 Å². The van der Waals surface area contributed by atoms with E-state index in [0.29, 0.717) is 33.6 Å². The van der Waals surface area contributed by atoms with Crippen molar-refractivity contribution in [1.82, 2.24) is 0 Å². The van der Waals surface area contributed by atoms with Crippen LogP contribution in [-0.2, 0) is 4.74 Å². The highest BCUT2D eigenvalue weighted by Crippen LogP contribution is 2.34. The molecule has 0 aliphatic carbocycles. The highest BCUT2D eigenvalue weighted by Gasteiger charge is 2.22. The molecule has 0 aliphatic rings. The Morgan fingerprint density at radius 1 is 0.865 bits per heavy atom. The van der Waals surface area contributed by atoms with Gasteiger partial charge in [0.25, 0.3) is 5.91 Å². The average Bonchev–Trinajstić information content (AvgIpc) is 2.92. The second-order valence-corrected chi connectivity index (χ2v) is 8.04. The maximum atomic E-state index is 13.1. The molecule has 0 unspecified atom stereocenters. The molecule has 9 heteroatoms. The Hall–Kier alpha value is -4.79. The van der Waals surface area contributed by atoms with Crippen LogP contribution in [0.15, 0.2) is 63.8 Å². The second kappa shape index (κ2) is 10.4. The molecule has 1 amide bonds. The Bertz CT molecular complexity index is 1570. The van der Waals surface area contributed by atoms with Gasteiger partial charge in [0.15, 0.2) is 0 Å². The third-order valence-corrected chi connectivity index (χ3v) is 5.93. The lowest BCUT2D eigenvalue weighted by atomic mass is 10.0. The number of esters is 1. The van der Waals surface area contributed by atoms with Crippen molar-refractivity contribution in [2.45, 2.75) is 6.92 Å². The maximum Gasteiger partial charge on any atom is 0.360 e. The Labute approximate surface area is 212 Å². The van der Waals surface area contributed by atoms with Crippen LogP contribution in [0.4, 0.5) is 5.69 Å². The van der Waals surface area contributed by atoms with Crippen LogP contribution in [0.3, 0.4) is 0 Å². The number of hydrogen-bond acceptors (Lipinski definition) is 8. The van der Waals surface area contributed by atoms with E-state index in [1.54, 1.807) is 45.4 Å². The number of amides is 1. The van der Waals surface area contributed by atoms with Crippen molar-refractivity contribution in [2.24, 2.45) is 0 Å². The molecule has 1 heterocycles. The SMILES string of the molecule is COC(=O)c1c(OC)cc2cc(NC(=O)c3ccc(OC)c(-c4cccc(OC)c4)c3)c(=O)oc2c1C. The summed E-state index contributed by atoms with van der Waals surface area (Å²) in [6.45, 7) is 1.62. The van der Waals surface area contributed by atoms with E-state index in [-0.39, 0.29) is 22.6 Å². The number of nitrogens with one attached hydrogen (secondary N) is 1. The van der Waals surface area contributed by atoms with Crippen LogP contribution < -0.4 is 25.2 Å². The summed E-state index contributed by atoms with van der Waals surface area (Å²) in [5.41, 5.74) is 1.65. The Morgan fingerprint density at radius 2 is 1.62 bits per heavy atom. The topological polar surface area (TPSA) is 113 Å². The van der Waals surface area contributed by atoms with E-state index in [2.05, 4.69) is 5.32 Å². The number of benzene rings is 3. The summed E-state index contributed by atoms with van der Waals surface area (Å²) < 4.78 is 26.4. The van der Waals surface area contributed by atoms with E-state index in [0.717, 1.165) is 5.56 Å². The van der Waals surface area contributed by atoms with Gasteiger partial charge in [0, 0.05) is 22.1 Å². The van der Waals surface area contributed by atoms with E-state index in [4.69, 9.17) is 23.4 Å². The standard InChI is InChI=1S/C28H25NO8/c1-15-24(28(32)36-5)23(35-4)14-18-13-21(27(31)37-25(15)18)29-26(30)17-9-10-22(34-3)20(12-17)16-7-6-8-19(11-16)33-2/h6-14H,1-5H3,(H,29,30). The summed E-state index contributed by atoms with van der Waals surface area (Å²) in [5, 5.41) is 3.08. The van der Waals surface area contributed by atoms with E-state index >= 15 is 0 Å². The average molecular weight is 504 g/mol. The third-order valence-electron chi connectivity index (χ3n) is 5.93. The molecule has 0 saturated heterocycles. The van der Waals surface area contributed by atoms with Crippen LogP contribution in [0.2, 0.25) is 0 Å². The Morgan fingerprint density at radius 3 is 2.30 bits per heavy atom. The quantitative estimate of drug-likeness (QED) is 0.282. The molecule has 9 nitrogen and oxygen atoms in total.